The van der Waals surface area contributed by atoms with Crippen molar-refractivity contribution in [2.45, 2.75) is 51.1 Å². The normalized spacial score (nSPS) is 26.2. The van der Waals surface area contributed by atoms with Gasteiger partial charge in [0.15, 0.2) is 0 Å². The van der Waals surface area contributed by atoms with Crippen molar-refractivity contribution in [3.8, 4) is 0 Å². The van der Waals surface area contributed by atoms with Gasteiger partial charge in [-0.1, -0.05) is 13.3 Å². The molecule has 2 fully saturated rings. The number of rotatable bonds is 5. The molecular formula is C15H25N5. The van der Waals surface area contributed by atoms with Gasteiger partial charge in [-0.2, -0.15) is 0 Å². The van der Waals surface area contributed by atoms with E-state index in [4.69, 9.17) is 0 Å². The van der Waals surface area contributed by atoms with Crippen molar-refractivity contribution in [1.29, 1.82) is 0 Å². The third-order valence-electron chi connectivity index (χ3n) is 4.38. The molecule has 20 heavy (non-hydrogen) atoms. The van der Waals surface area contributed by atoms with Gasteiger partial charge in [0.1, 0.15) is 11.6 Å². The van der Waals surface area contributed by atoms with Gasteiger partial charge in [0.25, 0.3) is 0 Å². The fraction of sp³-hybridized carbons (Fsp3) is 0.733. The lowest BCUT2D eigenvalue weighted by molar-refractivity contribution is 0.192. The Balaban J connectivity index is 1.62. The Morgan fingerprint density at radius 2 is 2.10 bits per heavy atom. The van der Waals surface area contributed by atoms with Gasteiger partial charge in [-0.15, -0.1) is 0 Å². The standard InChI is InChI=1S/C15H25N5/c1-2-7-17-14-10-16-11-15(19-14)18-12-6-9-20-8-4-3-5-13(12)20/h10-13H,2-9H2,1H3,(H2,17,18,19). The fourth-order valence-corrected chi connectivity index (χ4v) is 3.38. The van der Waals surface area contributed by atoms with Crippen LogP contribution in [0.2, 0.25) is 0 Å². The van der Waals surface area contributed by atoms with Crippen LogP contribution in [0.1, 0.15) is 39.0 Å². The smallest absolute Gasteiger partial charge is 0.147 e. The maximum atomic E-state index is 4.61. The highest BCUT2D eigenvalue weighted by Crippen LogP contribution is 2.28. The summed E-state index contributed by atoms with van der Waals surface area (Å²) in [5.41, 5.74) is 0. The molecular weight excluding hydrogens is 250 g/mol. The molecule has 2 aliphatic rings. The Hall–Kier alpha value is -1.36. The van der Waals surface area contributed by atoms with E-state index in [0.717, 1.165) is 24.6 Å². The van der Waals surface area contributed by atoms with Crippen molar-refractivity contribution in [1.82, 2.24) is 14.9 Å². The molecule has 1 aromatic rings. The van der Waals surface area contributed by atoms with Gasteiger partial charge < -0.3 is 10.6 Å². The Morgan fingerprint density at radius 3 is 3.00 bits per heavy atom. The van der Waals surface area contributed by atoms with E-state index >= 15 is 0 Å². The number of piperidine rings is 1. The minimum Gasteiger partial charge on any atom is -0.369 e. The predicted octanol–water partition coefficient (Wildman–Crippen LogP) is 2.34. The van der Waals surface area contributed by atoms with E-state index in [2.05, 4.69) is 32.4 Å². The molecule has 5 heteroatoms. The molecule has 1 aromatic heterocycles. The molecule has 2 unspecified atom stereocenters. The van der Waals surface area contributed by atoms with Gasteiger partial charge in [-0.05, 0) is 32.2 Å². The van der Waals surface area contributed by atoms with Gasteiger partial charge in [0, 0.05) is 25.2 Å². The predicted molar refractivity (Wildman–Crippen MR) is 82.1 cm³/mol. The van der Waals surface area contributed by atoms with Crippen LogP contribution in [0.25, 0.3) is 0 Å². The Kier molecular flexibility index (Phi) is 4.35. The molecule has 0 bridgehead atoms. The highest BCUT2D eigenvalue weighted by molar-refractivity contribution is 5.42. The monoisotopic (exact) mass is 275 g/mol. The molecule has 3 rings (SSSR count). The molecule has 3 heterocycles. The molecule has 2 saturated heterocycles. The Labute approximate surface area is 121 Å². The summed E-state index contributed by atoms with van der Waals surface area (Å²) in [6, 6.07) is 1.23. The first kappa shape index (κ1) is 13.6. The highest BCUT2D eigenvalue weighted by Gasteiger charge is 2.35. The second kappa shape index (κ2) is 6.39. The van der Waals surface area contributed by atoms with Crippen LogP contribution in [0.5, 0.6) is 0 Å². The van der Waals surface area contributed by atoms with Crippen LogP contribution < -0.4 is 10.6 Å². The molecule has 2 aliphatic heterocycles. The van der Waals surface area contributed by atoms with E-state index in [0.29, 0.717) is 12.1 Å². The van der Waals surface area contributed by atoms with Crippen LogP contribution in [0.4, 0.5) is 11.6 Å². The minimum absolute atomic E-state index is 0.533. The van der Waals surface area contributed by atoms with Crippen molar-refractivity contribution in [2.75, 3.05) is 30.3 Å². The molecule has 5 nitrogen and oxygen atoms in total. The average molecular weight is 275 g/mol. The summed E-state index contributed by atoms with van der Waals surface area (Å²) in [5, 5.41) is 6.89. The number of nitrogens with zero attached hydrogens (tertiary/aromatic N) is 3. The molecule has 0 spiro atoms. The Bertz CT molecular complexity index is 436. The lowest BCUT2D eigenvalue weighted by Crippen LogP contribution is -2.41. The first-order valence-electron chi connectivity index (χ1n) is 7.93. The summed E-state index contributed by atoms with van der Waals surface area (Å²) in [7, 11) is 0. The fourth-order valence-electron chi connectivity index (χ4n) is 3.38. The lowest BCUT2D eigenvalue weighted by Gasteiger charge is -2.32. The summed E-state index contributed by atoms with van der Waals surface area (Å²) in [5.74, 6) is 1.78. The van der Waals surface area contributed by atoms with Crippen LogP contribution >= 0.6 is 0 Å². The van der Waals surface area contributed by atoms with Gasteiger partial charge in [0.2, 0.25) is 0 Å². The lowest BCUT2D eigenvalue weighted by atomic mass is 9.99. The van der Waals surface area contributed by atoms with Crippen LogP contribution in [0, 0.1) is 0 Å². The zero-order valence-corrected chi connectivity index (χ0v) is 12.3. The average Bonchev–Trinajstić information content (AvgIpc) is 2.89. The molecule has 2 N–H and O–H groups in total. The zero-order chi connectivity index (χ0) is 13.8. The number of nitrogens with one attached hydrogen (secondary N) is 2. The zero-order valence-electron chi connectivity index (χ0n) is 12.3. The highest BCUT2D eigenvalue weighted by atomic mass is 15.2. The second-order valence-electron chi connectivity index (χ2n) is 5.85. The largest absolute Gasteiger partial charge is 0.369 e. The first-order chi connectivity index (χ1) is 9.86. The van der Waals surface area contributed by atoms with Crippen molar-refractivity contribution in [3.63, 3.8) is 0 Å². The first-order valence-corrected chi connectivity index (χ1v) is 7.93. The minimum atomic E-state index is 0.533. The number of hydrogen-bond donors (Lipinski definition) is 2. The van der Waals surface area contributed by atoms with E-state index in [-0.39, 0.29) is 0 Å². The quantitative estimate of drug-likeness (QED) is 0.864. The number of anilines is 2. The molecule has 110 valence electrons. The van der Waals surface area contributed by atoms with E-state index in [1.807, 2.05) is 6.20 Å². The van der Waals surface area contributed by atoms with Gasteiger partial charge in [-0.25, -0.2) is 4.98 Å². The third kappa shape index (κ3) is 3.03. The Morgan fingerprint density at radius 1 is 1.20 bits per heavy atom. The van der Waals surface area contributed by atoms with E-state index in [1.54, 1.807) is 6.20 Å². The van der Waals surface area contributed by atoms with E-state index in [9.17, 15) is 0 Å². The summed E-state index contributed by atoms with van der Waals surface area (Å²) in [6.07, 6.45) is 9.99. The molecule has 0 radical (unpaired) electrons. The SMILES string of the molecule is CCCNc1cncc(NC2CCN3CCCCC23)n1. The van der Waals surface area contributed by atoms with Gasteiger partial charge >= 0.3 is 0 Å². The number of aromatic nitrogens is 2. The van der Waals surface area contributed by atoms with Gasteiger partial charge in [0.05, 0.1) is 12.4 Å². The topological polar surface area (TPSA) is 53.1 Å². The van der Waals surface area contributed by atoms with Crippen molar-refractivity contribution in [2.24, 2.45) is 0 Å². The van der Waals surface area contributed by atoms with Crippen LogP contribution in [0.15, 0.2) is 12.4 Å². The van der Waals surface area contributed by atoms with Crippen molar-refractivity contribution in [3.05, 3.63) is 12.4 Å². The molecule has 2 atom stereocenters. The maximum absolute atomic E-state index is 4.61. The number of fused-ring (bicyclic) bond motifs is 1. The van der Waals surface area contributed by atoms with Crippen molar-refractivity contribution < 1.29 is 0 Å². The van der Waals surface area contributed by atoms with Gasteiger partial charge in [-0.3, -0.25) is 9.88 Å². The van der Waals surface area contributed by atoms with Crippen LogP contribution in [-0.2, 0) is 0 Å². The molecule has 0 aliphatic carbocycles. The summed E-state index contributed by atoms with van der Waals surface area (Å²) >= 11 is 0. The molecule has 0 saturated carbocycles. The van der Waals surface area contributed by atoms with Crippen molar-refractivity contribution >= 4 is 11.6 Å². The molecule has 0 aromatic carbocycles. The van der Waals surface area contributed by atoms with Crippen LogP contribution in [0.3, 0.4) is 0 Å². The van der Waals surface area contributed by atoms with Crippen LogP contribution in [-0.4, -0.2) is 46.6 Å². The van der Waals surface area contributed by atoms with E-state index < -0.39 is 0 Å². The second-order valence-corrected chi connectivity index (χ2v) is 5.85. The summed E-state index contributed by atoms with van der Waals surface area (Å²) in [6.45, 7) is 5.59. The number of hydrogen-bond acceptors (Lipinski definition) is 5. The molecule has 0 amide bonds. The maximum Gasteiger partial charge on any atom is 0.147 e. The van der Waals surface area contributed by atoms with E-state index in [1.165, 1.54) is 38.8 Å². The summed E-state index contributed by atoms with van der Waals surface area (Å²) in [4.78, 5) is 11.5. The third-order valence-corrected chi connectivity index (χ3v) is 4.38. The summed E-state index contributed by atoms with van der Waals surface area (Å²) < 4.78 is 0.